The van der Waals surface area contributed by atoms with Crippen LogP contribution >= 0.6 is 34.2 Å². The normalized spacial score (nSPS) is 13.7. The van der Waals surface area contributed by atoms with Gasteiger partial charge in [0.25, 0.3) is 11.8 Å². The van der Waals surface area contributed by atoms with Crippen molar-refractivity contribution in [2.75, 3.05) is 7.11 Å². The Morgan fingerprint density at radius 2 is 1.82 bits per heavy atom. The zero-order valence-corrected chi connectivity index (χ0v) is 17.5. The maximum atomic E-state index is 11.9. The summed E-state index contributed by atoms with van der Waals surface area (Å²) in [5.41, 5.74) is 1.27. The minimum absolute atomic E-state index is 0.176. The quantitative estimate of drug-likeness (QED) is 0.364. The van der Waals surface area contributed by atoms with Crippen molar-refractivity contribution in [3.8, 4) is 11.5 Å². The van der Waals surface area contributed by atoms with Crippen LogP contribution in [0.15, 0.2) is 42.0 Å². The van der Waals surface area contributed by atoms with E-state index >= 15 is 0 Å². The summed E-state index contributed by atoms with van der Waals surface area (Å²) >= 11 is 8.06. The first-order valence-electron chi connectivity index (χ1n) is 8.00. The Hall–Kier alpha value is -2.59. The lowest BCUT2D eigenvalue weighted by Crippen LogP contribution is -2.51. The highest BCUT2D eigenvalue weighted by molar-refractivity contribution is 14.1. The maximum absolute atomic E-state index is 11.9. The van der Waals surface area contributed by atoms with Crippen molar-refractivity contribution in [1.82, 2.24) is 10.6 Å². The summed E-state index contributed by atoms with van der Waals surface area (Å²) < 4.78 is 12.0. The maximum Gasteiger partial charge on any atom is 0.328 e. The molecule has 4 amide bonds. The summed E-state index contributed by atoms with van der Waals surface area (Å²) in [5.74, 6) is -0.556. The number of carbonyl (C=O) groups excluding carboxylic acids is 3. The number of nitrogens with one attached hydrogen (secondary N) is 2. The number of methoxy groups -OCH3 is 1. The molecule has 28 heavy (non-hydrogen) atoms. The van der Waals surface area contributed by atoms with Crippen LogP contribution in [0.1, 0.15) is 11.1 Å². The molecule has 0 atom stereocenters. The number of amides is 4. The van der Waals surface area contributed by atoms with Crippen molar-refractivity contribution in [2.45, 2.75) is 6.61 Å². The number of imide groups is 2. The van der Waals surface area contributed by atoms with Crippen LogP contribution in [-0.4, -0.2) is 25.0 Å². The van der Waals surface area contributed by atoms with Gasteiger partial charge in [-0.1, -0.05) is 23.7 Å². The number of halogens is 2. The first kappa shape index (κ1) is 20.2. The Morgan fingerprint density at radius 1 is 1.11 bits per heavy atom. The van der Waals surface area contributed by atoms with E-state index in [2.05, 4.69) is 22.6 Å². The van der Waals surface area contributed by atoms with Crippen LogP contribution in [0, 0.1) is 3.57 Å². The molecule has 7 nitrogen and oxygen atoms in total. The summed E-state index contributed by atoms with van der Waals surface area (Å²) in [7, 11) is 1.49. The van der Waals surface area contributed by atoms with Crippen LogP contribution in [0.2, 0.25) is 5.02 Å². The Kier molecular flexibility index (Phi) is 6.20. The number of barbiturate groups is 1. The van der Waals surface area contributed by atoms with E-state index in [1.54, 1.807) is 24.3 Å². The second-order valence-corrected chi connectivity index (χ2v) is 7.35. The molecule has 1 aliphatic rings. The minimum Gasteiger partial charge on any atom is -0.493 e. The smallest absolute Gasteiger partial charge is 0.328 e. The van der Waals surface area contributed by atoms with Crippen molar-refractivity contribution in [3.05, 3.63) is 61.7 Å². The van der Waals surface area contributed by atoms with Gasteiger partial charge in [0.15, 0.2) is 11.5 Å². The van der Waals surface area contributed by atoms with E-state index in [9.17, 15) is 14.4 Å². The largest absolute Gasteiger partial charge is 0.493 e. The van der Waals surface area contributed by atoms with Crippen molar-refractivity contribution in [2.24, 2.45) is 0 Å². The average Bonchev–Trinajstić information content (AvgIpc) is 2.63. The fourth-order valence-electron chi connectivity index (χ4n) is 2.52. The number of hydrogen-bond donors (Lipinski definition) is 2. The predicted molar refractivity (Wildman–Crippen MR) is 111 cm³/mol. The summed E-state index contributed by atoms with van der Waals surface area (Å²) in [5, 5.41) is 4.68. The van der Waals surface area contributed by atoms with Gasteiger partial charge in [0, 0.05) is 5.02 Å². The number of rotatable bonds is 5. The molecule has 9 heteroatoms. The van der Waals surface area contributed by atoms with Crippen molar-refractivity contribution >= 4 is 58.1 Å². The van der Waals surface area contributed by atoms with Gasteiger partial charge in [-0.15, -0.1) is 0 Å². The van der Waals surface area contributed by atoms with Gasteiger partial charge in [-0.25, -0.2) is 4.79 Å². The van der Waals surface area contributed by atoms with E-state index in [4.69, 9.17) is 21.1 Å². The molecule has 0 radical (unpaired) electrons. The number of urea groups is 1. The van der Waals surface area contributed by atoms with E-state index in [-0.39, 0.29) is 5.57 Å². The highest BCUT2D eigenvalue weighted by Gasteiger charge is 2.27. The second kappa shape index (κ2) is 8.61. The summed E-state index contributed by atoms with van der Waals surface area (Å²) in [6.07, 6.45) is 1.38. The van der Waals surface area contributed by atoms with E-state index in [1.807, 2.05) is 22.8 Å². The molecule has 1 heterocycles. The highest BCUT2D eigenvalue weighted by Crippen LogP contribution is 2.35. The molecule has 144 valence electrons. The lowest BCUT2D eigenvalue weighted by atomic mass is 10.1. The van der Waals surface area contributed by atoms with Crippen LogP contribution in [0.4, 0.5) is 4.79 Å². The van der Waals surface area contributed by atoms with Gasteiger partial charge >= 0.3 is 6.03 Å². The topological polar surface area (TPSA) is 93.7 Å². The van der Waals surface area contributed by atoms with Crippen LogP contribution in [0.25, 0.3) is 6.08 Å². The SMILES string of the molecule is COc1cc(C=C2C(=O)NC(=O)NC2=O)cc(I)c1OCc1cccc(Cl)c1. The molecule has 1 saturated heterocycles. The van der Waals surface area contributed by atoms with Crippen LogP contribution in [0.3, 0.4) is 0 Å². The first-order valence-corrected chi connectivity index (χ1v) is 9.46. The molecule has 0 aliphatic carbocycles. The Bertz CT molecular complexity index is 984. The van der Waals surface area contributed by atoms with Crippen molar-refractivity contribution in [3.63, 3.8) is 0 Å². The van der Waals surface area contributed by atoms with Gasteiger partial charge in [0.1, 0.15) is 12.2 Å². The van der Waals surface area contributed by atoms with Crippen LogP contribution in [-0.2, 0) is 16.2 Å². The summed E-state index contributed by atoms with van der Waals surface area (Å²) in [6, 6.07) is 9.85. The molecular weight excluding hydrogens is 499 g/mol. The Morgan fingerprint density at radius 3 is 2.46 bits per heavy atom. The molecule has 2 aromatic carbocycles. The molecule has 0 bridgehead atoms. The fraction of sp³-hybridized carbons (Fsp3) is 0.105. The van der Waals surface area contributed by atoms with Crippen LogP contribution < -0.4 is 20.1 Å². The molecule has 3 rings (SSSR count). The minimum atomic E-state index is -0.843. The average molecular weight is 513 g/mol. The Labute approximate surface area is 179 Å². The number of ether oxygens (including phenoxy) is 2. The number of benzene rings is 2. The molecule has 0 aromatic heterocycles. The fourth-order valence-corrected chi connectivity index (χ4v) is 3.51. The van der Waals surface area contributed by atoms with Gasteiger partial charge in [0.05, 0.1) is 10.7 Å². The van der Waals surface area contributed by atoms with E-state index in [0.29, 0.717) is 28.7 Å². The van der Waals surface area contributed by atoms with Gasteiger partial charge < -0.3 is 9.47 Å². The van der Waals surface area contributed by atoms with Gasteiger partial charge in [-0.05, 0) is 64.1 Å². The third-order valence-electron chi connectivity index (χ3n) is 3.78. The number of carbonyl (C=O) groups is 3. The molecule has 0 unspecified atom stereocenters. The van der Waals surface area contributed by atoms with E-state index < -0.39 is 17.8 Å². The molecular formula is C19H14ClIN2O5. The third-order valence-corrected chi connectivity index (χ3v) is 4.81. The van der Waals surface area contributed by atoms with Gasteiger partial charge in [-0.3, -0.25) is 20.2 Å². The molecule has 0 spiro atoms. The van der Waals surface area contributed by atoms with Crippen molar-refractivity contribution < 1.29 is 23.9 Å². The second-order valence-electron chi connectivity index (χ2n) is 5.75. The van der Waals surface area contributed by atoms with E-state index in [0.717, 1.165) is 9.13 Å². The third kappa shape index (κ3) is 4.63. The van der Waals surface area contributed by atoms with Gasteiger partial charge in [-0.2, -0.15) is 0 Å². The Balaban J connectivity index is 1.87. The molecule has 2 aromatic rings. The van der Waals surface area contributed by atoms with Gasteiger partial charge in [0.2, 0.25) is 0 Å². The number of hydrogen-bond acceptors (Lipinski definition) is 5. The van der Waals surface area contributed by atoms with Crippen LogP contribution in [0.5, 0.6) is 11.5 Å². The molecule has 0 saturated carbocycles. The van der Waals surface area contributed by atoms with E-state index in [1.165, 1.54) is 13.2 Å². The standard InChI is InChI=1S/C19H14ClIN2O5/c1-27-15-8-11(6-13-17(24)22-19(26)23-18(13)25)7-14(21)16(15)28-9-10-3-2-4-12(20)5-10/h2-8H,9H2,1H3,(H2,22,23,24,25,26). The lowest BCUT2D eigenvalue weighted by molar-refractivity contribution is -0.123. The summed E-state index contributed by atoms with van der Waals surface area (Å²) in [4.78, 5) is 34.9. The zero-order valence-electron chi connectivity index (χ0n) is 14.5. The monoisotopic (exact) mass is 512 g/mol. The summed E-state index contributed by atoms with van der Waals surface area (Å²) in [6.45, 7) is 0.292. The molecule has 2 N–H and O–H groups in total. The highest BCUT2D eigenvalue weighted by atomic mass is 127. The zero-order chi connectivity index (χ0) is 20.3. The lowest BCUT2D eigenvalue weighted by Gasteiger charge is -2.16. The molecule has 1 fully saturated rings. The predicted octanol–water partition coefficient (Wildman–Crippen LogP) is 3.28. The first-order chi connectivity index (χ1) is 13.4. The molecule has 1 aliphatic heterocycles. The van der Waals surface area contributed by atoms with Crippen molar-refractivity contribution in [1.29, 1.82) is 0 Å².